The van der Waals surface area contributed by atoms with Crippen molar-refractivity contribution in [2.45, 2.75) is 0 Å². The van der Waals surface area contributed by atoms with Gasteiger partial charge in [0.15, 0.2) is 5.82 Å². The van der Waals surface area contributed by atoms with Crippen LogP contribution < -0.4 is 5.73 Å². The summed E-state index contributed by atoms with van der Waals surface area (Å²) >= 11 is 0. The summed E-state index contributed by atoms with van der Waals surface area (Å²) in [5.74, 6) is -0.121. The molecule has 0 spiro atoms. The van der Waals surface area contributed by atoms with Crippen LogP contribution >= 0.6 is 0 Å². The zero-order chi connectivity index (χ0) is 10.1. The Balaban J connectivity index is 2.57. The summed E-state index contributed by atoms with van der Waals surface area (Å²) in [6, 6.07) is 1.59. The Morgan fingerprint density at radius 2 is 2.43 bits per heavy atom. The molecule has 0 aliphatic carbocycles. The molecule has 6 heteroatoms. The maximum atomic E-state index is 11.1. The van der Waals surface area contributed by atoms with E-state index in [4.69, 9.17) is 5.73 Å². The lowest BCUT2D eigenvalue weighted by atomic mass is 10.2. The first-order valence-corrected chi connectivity index (χ1v) is 3.90. The monoisotopic (exact) mass is 192 g/mol. The average Bonchev–Trinajstić information content (AvgIpc) is 2.59. The first kappa shape index (κ1) is 8.49. The number of fused-ring (bicyclic) bond motifs is 1. The number of nitrogens with one attached hydrogen (secondary N) is 1. The molecule has 3 N–H and O–H groups in total. The van der Waals surface area contributed by atoms with E-state index >= 15 is 0 Å². The Kier molecular flexibility index (Phi) is 1.81. The summed E-state index contributed by atoms with van der Waals surface area (Å²) in [4.78, 5) is 15.1. The van der Waals surface area contributed by atoms with Gasteiger partial charge in [0.2, 0.25) is 0 Å². The fourth-order valence-corrected chi connectivity index (χ4v) is 1.16. The van der Waals surface area contributed by atoms with Gasteiger partial charge in [0.1, 0.15) is 5.52 Å². The SMILES string of the molecule is COC(=O)c1cnc2c(N)n[nH]c2c1. The van der Waals surface area contributed by atoms with Crippen LogP contribution in [0, 0.1) is 0 Å². The van der Waals surface area contributed by atoms with Crippen LogP contribution in [-0.2, 0) is 4.74 Å². The van der Waals surface area contributed by atoms with E-state index in [9.17, 15) is 4.79 Å². The van der Waals surface area contributed by atoms with E-state index < -0.39 is 5.97 Å². The van der Waals surface area contributed by atoms with Crippen molar-refractivity contribution in [1.29, 1.82) is 0 Å². The molecule has 2 heterocycles. The first-order valence-electron chi connectivity index (χ1n) is 3.90. The number of carbonyl (C=O) groups excluding carboxylic acids is 1. The average molecular weight is 192 g/mol. The fraction of sp³-hybridized carbons (Fsp3) is 0.125. The second kappa shape index (κ2) is 2.99. The van der Waals surface area contributed by atoms with Crippen molar-refractivity contribution < 1.29 is 9.53 Å². The quantitative estimate of drug-likeness (QED) is 0.635. The Hall–Kier alpha value is -2.11. The number of nitrogens with two attached hydrogens (primary N) is 1. The second-order valence-corrected chi connectivity index (χ2v) is 2.72. The molecule has 0 aromatic carbocycles. The van der Waals surface area contributed by atoms with Crippen molar-refractivity contribution in [1.82, 2.24) is 15.2 Å². The Morgan fingerprint density at radius 1 is 1.64 bits per heavy atom. The molecular weight excluding hydrogens is 184 g/mol. The van der Waals surface area contributed by atoms with Crippen molar-refractivity contribution >= 4 is 22.8 Å². The van der Waals surface area contributed by atoms with E-state index in [-0.39, 0.29) is 0 Å². The summed E-state index contributed by atoms with van der Waals surface area (Å²) in [6.07, 6.45) is 1.40. The van der Waals surface area contributed by atoms with Crippen LogP contribution in [-0.4, -0.2) is 28.3 Å². The number of nitrogen functional groups attached to an aromatic ring is 1. The van der Waals surface area contributed by atoms with Crippen molar-refractivity contribution in [2.24, 2.45) is 0 Å². The number of aromatic amines is 1. The van der Waals surface area contributed by atoms with Gasteiger partial charge < -0.3 is 10.5 Å². The summed E-state index contributed by atoms with van der Waals surface area (Å²) in [6.45, 7) is 0. The Morgan fingerprint density at radius 3 is 3.14 bits per heavy atom. The zero-order valence-corrected chi connectivity index (χ0v) is 7.44. The minimum Gasteiger partial charge on any atom is -0.465 e. The number of H-pyrrole nitrogens is 1. The summed E-state index contributed by atoms with van der Waals surface area (Å²) in [7, 11) is 1.31. The molecule has 0 aliphatic rings. The van der Waals surface area contributed by atoms with Gasteiger partial charge >= 0.3 is 5.97 Å². The molecule has 2 rings (SSSR count). The number of pyridine rings is 1. The highest BCUT2D eigenvalue weighted by atomic mass is 16.5. The molecule has 14 heavy (non-hydrogen) atoms. The fourth-order valence-electron chi connectivity index (χ4n) is 1.16. The van der Waals surface area contributed by atoms with E-state index in [0.717, 1.165) is 0 Å². The van der Waals surface area contributed by atoms with Crippen LogP contribution in [0.15, 0.2) is 12.3 Å². The number of carbonyl (C=O) groups is 1. The lowest BCUT2D eigenvalue weighted by molar-refractivity contribution is 0.0600. The second-order valence-electron chi connectivity index (χ2n) is 2.72. The Labute approximate surface area is 79.1 Å². The maximum Gasteiger partial charge on any atom is 0.339 e. The van der Waals surface area contributed by atoms with Gasteiger partial charge in [0.25, 0.3) is 0 Å². The van der Waals surface area contributed by atoms with Gasteiger partial charge in [-0.25, -0.2) is 9.78 Å². The molecule has 0 atom stereocenters. The summed E-state index contributed by atoms with van der Waals surface area (Å²) < 4.78 is 4.55. The van der Waals surface area contributed by atoms with Crippen LogP contribution in [0.25, 0.3) is 11.0 Å². The maximum absolute atomic E-state index is 11.1. The lowest BCUT2D eigenvalue weighted by Gasteiger charge is -1.97. The van der Waals surface area contributed by atoms with E-state index in [1.807, 2.05) is 0 Å². The molecule has 0 radical (unpaired) electrons. The smallest absolute Gasteiger partial charge is 0.339 e. The van der Waals surface area contributed by atoms with Crippen LogP contribution in [0.1, 0.15) is 10.4 Å². The van der Waals surface area contributed by atoms with E-state index in [0.29, 0.717) is 22.4 Å². The van der Waals surface area contributed by atoms with Crippen molar-refractivity contribution in [3.05, 3.63) is 17.8 Å². The largest absolute Gasteiger partial charge is 0.465 e. The van der Waals surface area contributed by atoms with Gasteiger partial charge in [-0.15, -0.1) is 0 Å². The van der Waals surface area contributed by atoms with Crippen molar-refractivity contribution in [2.75, 3.05) is 12.8 Å². The third kappa shape index (κ3) is 1.17. The predicted octanol–water partition coefficient (Wildman–Crippen LogP) is 0.327. The number of anilines is 1. The number of hydrogen-bond acceptors (Lipinski definition) is 5. The van der Waals surface area contributed by atoms with Gasteiger partial charge in [0, 0.05) is 6.20 Å². The summed E-state index contributed by atoms with van der Waals surface area (Å²) in [5, 5.41) is 6.42. The highest BCUT2D eigenvalue weighted by Gasteiger charge is 2.09. The number of rotatable bonds is 1. The summed E-state index contributed by atoms with van der Waals surface area (Å²) in [5.41, 5.74) is 7.05. The lowest BCUT2D eigenvalue weighted by Crippen LogP contribution is -2.01. The highest BCUT2D eigenvalue weighted by Crippen LogP contribution is 2.15. The molecule has 72 valence electrons. The minimum atomic E-state index is -0.437. The third-order valence-electron chi connectivity index (χ3n) is 1.85. The van der Waals surface area contributed by atoms with Gasteiger partial charge in [0.05, 0.1) is 18.2 Å². The van der Waals surface area contributed by atoms with Gasteiger partial charge in [-0.2, -0.15) is 5.10 Å². The molecular formula is C8H8N4O2. The van der Waals surface area contributed by atoms with Gasteiger partial charge in [-0.1, -0.05) is 0 Å². The number of ether oxygens (including phenoxy) is 1. The molecule has 0 saturated carbocycles. The number of nitrogens with zero attached hydrogens (tertiary/aromatic N) is 2. The molecule has 2 aromatic heterocycles. The van der Waals surface area contributed by atoms with Crippen LogP contribution in [0.5, 0.6) is 0 Å². The van der Waals surface area contributed by atoms with Crippen LogP contribution in [0.3, 0.4) is 0 Å². The van der Waals surface area contributed by atoms with E-state index in [1.54, 1.807) is 6.07 Å². The van der Waals surface area contributed by atoms with Gasteiger partial charge in [-0.3, -0.25) is 5.10 Å². The molecule has 0 aliphatic heterocycles. The Bertz CT molecular complexity index is 491. The predicted molar refractivity (Wildman–Crippen MR) is 49.6 cm³/mol. The van der Waals surface area contributed by atoms with Crippen molar-refractivity contribution in [3.8, 4) is 0 Å². The zero-order valence-electron chi connectivity index (χ0n) is 7.44. The number of hydrogen-bond donors (Lipinski definition) is 2. The minimum absolute atomic E-state index is 0.316. The molecule has 0 amide bonds. The molecule has 6 nitrogen and oxygen atoms in total. The van der Waals surface area contributed by atoms with Gasteiger partial charge in [-0.05, 0) is 6.07 Å². The van der Waals surface area contributed by atoms with E-state index in [2.05, 4.69) is 19.9 Å². The van der Waals surface area contributed by atoms with Crippen LogP contribution in [0.2, 0.25) is 0 Å². The van der Waals surface area contributed by atoms with Crippen LogP contribution in [0.4, 0.5) is 5.82 Å². The third-order valence-corrected chi connectivity index (χ3v) is 1.85. The molecule has 0 unspecified atom stereocenters. The molecule has 2 aromatic rings. The topological polar surface area (TPSA) is 93.9 Å². The molecule has 0 bridgehead atoms. The van der Waals surface area contributed by atoms with Crippen molar-refractivity contribution in [3.63, 3.8) is 0 Å². The molecule has 0 saturated heterocycles. The first-order chi connectivity index (χ1) is 6.72. The number of esters is 1. The number of methoxy groups -OCH3 is 1. The standard InChI is InChI=1S/C8H8N4O2/c1-14-8(13)4-2-5-6(10-3-4)7(9)12-11-5/h2-3H,1H3,(H3,9,11,12). The molecule has 0 fully saturated rings. The number of aromatic nitrogens is 3. The normalized spacial score (nSPS) is 10.4. The van der Waals surface area contributed by atoms with E-state index in [1.165, 1.54) is 13.3 Å². The highest BCUT2D eigenvalue weighted by molar-refractivity contribution is 5.94.